The number of aliphatic carboxylic acids is 1. The highest BCUT2D eigenvalue weighted by atomic mass is 16.5. The van der Waals surface area contributed by atoms with Crippen LogP contribution in [-0.2, 0) is 11.3 Å². The largest absolute Gasteiger partial charge is 0.497 e. The first kappa shape index (κ1) is 15.3. The van der Waals surface area contributed by atoms with Gasteiger partial charge >= 0.3 is 5.97 Å². The fourth-order valence-electron chi connectivity index (χ4n) is 1.85. The molecule has 0 aliphatic carbocycles. The normalized spacial score (nSPS) is 10.5. The summed E-state index contributed by atoms with van der Waals surface area (Å²) in [5.74, 6) is 0.762. The molecule has 5 heteroatoms. The summed E-state index contributed by atoms with van der Waals surface area (Å²) in [7, 11) is 5.21. The minimum Gasteiger partial charge on any atom is -0.497 e. The number of nitrogens with zero attached hydrogens (tertiary/aromatic N) is 1. The number of methoxy groups -OCH3 is 2. The first-order valence-electron chi connectivity index (χ1n) is 6.17. The highest BCUT2D eigenvalue weighted by Gasteiger charge is 2.06. The Morgan fingerprint density at radius 1 is 1.21 bits per heavy atom. The van der Waals surface area contributed by atoms with Crippen molar-refractivity contribution in [1.82, 2.24) is 4.90 Å². The predicted molar refractivity (Wildman–Crippen MR) is 72.7 cm³/mol. The molecule has 0 heterocycles. The zero-order valence-corrected chi connectivity index (χ0v) is 11.7. The Morgan fingerprint density at radius 2 is 1.79 bits per heavy atom. The van der Waals surface area contributed by atoms with Gasteiger partial charge in [-0.2, -0.15) is 0 Å². The lowest BCUT2D eigenvalue weighted by Gasteiger charge is -2.17. The second-order valence-electron chi connectivity index (χ2n) is 4.46. The summed E-state index contributed by atoms with van der Waals surface area (Å²) in [5.41, 5.74) is 1.08. The third-order valence-corrected chi connectivity index (χ3v) is 2.79. The van der Waals surface area contributed by atoms with E-state index in [-0.39, 0.29) is 6.42 Å². The molecule has 0 aliphatic heterocycles. The van der Waals surface area contributed by atoms with Gasteiger partial charge in [0.2, 0.25) is 0 Å². The third kappa shape index (κ3) is 5.61. The molecule has 5 nitrogen and oxygen atoms in total. The van der Waals surface area contributed by atoms with Crippen molar-refractivity contribution in [2.45, 2.75) is 19.4 Å². The van der Waals surface area contributed by atoms with Crippen LogP contribution in [0.2, 0.25) is 0 Å². The fraction of sp³-hybridized carbons (Fsp3) is 0.500. The monoisotopic (exact) mass is 267 g/mol. The summed E-state index contributed by atoms with van der Waals surface area (Å²) in [6.07, 6.45) is 0.846. The van der Waals surface area contributed by atoms with Crippen LogP contribution in [0.4, 0.5) is 0 Å². The molecule has 0 radical (unpaired) electrons. The van der Waals surface area contributed by atoms with Gasteiger partial charge in [-0.25, -0.2) is 0 Å². The van der Waals surface area contributed by atoms with Crippen molar-refractivity contribution in [2.24, 2.45) is 0 Å². The summed E-state index contributed by atoms with van der Waals surface area (Å²) < 4.78 is 10.4. The molecule has 0 aliphatic rings. The van der Waals surface area contributed by atoms with E-state index in [1.54, 1.807) is 14.2 Å². The molecular weight excluding hydrogens is 246 g/mol. The van der Waals surface area contributed by atoms with Crippen LogP contribution in [0.5, 0.6) is 11.5 Å². The molecule has 19 heavy (non-hydrogen) atoms. The van der Waals surface area contributed by atoms with E-state index in [0.717, 1.165) is 30.2 Å². The Bertz CT molecular complexity index is 398. The summed E-state index contributed by atoms with van der Waals surface area (Å²) in [4.78, 5) is 12.5. The second kappa shape index (κ2) is 7.63. The lowest BCUT2D eigenvalue weighted by atomic mass is 10.2. The van der Waals surface area contributed by atoms with Gasteiger partial charge < -0.3 is 19.5 Å². The maximum absolute atomic E-state index is 10.5. The highest BCUT2D eigenvalue weighted by molar-refractivity contribution is 5.66. The van der Waals surface area contributed by atoms with Crippen molar-refractivity contribution in [3.05, 3.63) is 23.8 Å². The average Bonchev–Trinajstić information content (AvgIpc) is 2.37. The van der Waals surface area contributed by atoms with Crippen LogP contribution in [0, 0.1) is 0 Å². The van der Waals surface area contributed by atoms with Gasteiger partial charge in [-0.05, 0) is 37.7 Å². The van der Waals surface area contributed by atoms with Crippen LogP contribution in [0.25, 0.3) is 0 Å². The number of carbonyl (C=O) groups is 1. The Labute approximate surface area is 113 Å². The van der Waals surface area contributed by atoms with Crippen molar-refractivity contribution in [3.63, 3.8) is 0 Å². The Kier molecular flexibility index (Phi) is 6.15. The van der Waals surface area contributed by atoms with E-state index in [1.807, 2.05) is 25.2 Å². The van der Waals surface area contributed by atoms with Gasteiger partial charge in [-0.1, -0.05) is 0 Å². The number of carboxylic acids is 1. The van der Waals surface area contributed by atoms with Crippen LogP contribution in [-0.4, -0.2) is 43.8 Å². The predicted octanol–water partition coefficient (Wildman–Crippen LogP) is 2.00. The van der Waals surface area contributed by atoms with E-state index in [2.05, 4.69) is 4.90 Å². The molecular formula is C14H21NO4. The fourth-order valence-corrected chi connectivity index (χ4v) is 1.85. The second-order valence-corrected chi connectivity index (χ2v) is 4.46. The third-order valence-electron chi connectivity index (χ3n) is 2.79. The van der Waals surface area contributed by atoms with E-state index in [9.17, 15) is 4.79 Å². The van der Waals surface area contributed by atoms with Crippen molar-refractivity contribution in [3.8, 4) is 11.5 Å². The number of hydrogen-bond donors (Lipinski definition) is 1. The van der Waals surface area contributed by atoms with Gasteiger partial charge in [0.05, 0.1) is 14.2 Å². The Morgan fingerprint density at radius 3 is 2.26 bits per heavy atom. The van der Waals surface area contributed by atoms with Gasteiger partial charge in [0.25, 0.3) is 0 Å². The van der Waals surface area contributed by atoms with Crippen molar-refractivity contribution >= 4 is 5.97 Å². The van der Waals surface area contributed by atoms with Gasteiger partial charge in [-0.15, -0.1) is 0 Å². The van der Waals surface area contributed by atoms with Gasteiger partial charge in [0, 0.05) is 19.0 Å². The summed E-state index contributed by atoms with van der Waals surface area (Å²) in [5, 5.41) is 8.60. The van der Waals surface area contributed by atoms with Crippen molar-refractivity contribution in [1.29, 1.82) is 0 Å². The maximum Gasteiger partial charge on any atom is 0.303 e. The molecule has 106 valence electrons. The molecule has 0 spiro atoms. The first-order valence-corrected chi connectivity index (χ1v) is 6.17. The van der Waals surface area contributed by atoms with E-state index in [1.165, 1.54) is 0 Å². The molecule has 1 aromatic rings. The van der Waals surface area contributed by atoms with Gasteiger partial charge in [0.1, 0.15) is 11.5 Å². The SMILES string of the molecule is COc1cc(CN(C)CCCC(=O)O)cc(OC)c1. The Balaban J connectivity index is 2.57. The van der Waals surface area contributed by atoms with E-state index < -0.39 is 5.97 Å². The lowest BCUT2D eigenvalue weighted by Crippen LogP contribution is -2.19. The number of rotatable bonds is 8. The quantitative estimate of drug-likeness (QED) is 0.780. The molecule has 1 aromatic carbocycles. The highest BCUT2D eigenvalue weighted by Crippen LogP contribution is 2.23. The molecule has 0 saturated carbocycles. The van der Waals surface area contributed by atoms with Crippen molar-refractivity contribution < 1.29 is 19.4 Å². The lowest BCUT2D eigenvalue weighted by molar-refractivity contribution is -0.137. The first-order chi connectivity index (χ1) is 9.05. The maximum atomic E-state index is 10.5. The Hall–Kier alpha value is -1.75. The molecule has 1 rings (SSSR count). The van der Waals surface area contributed by atoms with E-state index in [0.29, 0.717) is 6.42 Å². The average molecular weight is 267 g/mol. The standard InChI is InChI=1S/C14H21NO4/c1-15(6-4-5-14(16)17)10-11-7-12(18-2)9-13(8-11)19-3/h7-9H,4-6,10H2,1-3H3,(H,16,17). The number of carboxylic acid groups (broad SMARTS) is 1. The van der Waals surface area contributed by atoms with Crippen molar-refractivity contribution in [2.75, 3.05) is 27.8 Å². The topological polar surface area (TPSA) is 59.0 Å². The summed E-state index contributed by atoms with van der Waals surface area (Å²) in [6, 6.07) is 5.74. The smallest absolute Gasteiger partial charge is 0.303 e. The van der Waals surface area contributed by atoms with Crippen LogP contribution in [0.15, 0.2) is 18.2 Å². The minimum atomic E-state index is -0.753. The number of benzene rings is 1. The zero-order valence-electron chi connectivity index (χ0n) is 11.7. The minimum absolute atomic E-state index is 0.200. The molecule has 0 bridgehead atoms. The molecule has 0 aromatic heterocycles. The molecule has 0 unspecified atom stereocenters. The van der Waals surface area contributed by atoms with Gasteiger partial charge in [0.15, 0.2) is 0 Å². The molecule has 1 N–H and O–H groups in total. The molecule has 0 amide bonds. The van der Waals surface area contributed by atoms with Crippen LogP contribution < -0.4 is 9.47 Å². The zero-order chi connectivity index (χ0) is 14.3. The van der Waals surface area contributed by atoms with E-state index in [4.69, 9.17) is 14.6 Å². The van der Waals surface area contributed by atoms with Crippen LogP contribution in [0.3, 0.4) is 0 Å². The van der Waals surface area contributed by atoms with E-state index >= 15 is 0 Å². The van der Waals surface area contributed by atoms with Crippen LogP contribution >= 0.6 is 0 Å². The number of hydrogen-bond acceptors (Lipinski definition) is 4. The number of ether oxygens (including phenoxy) is 2. The van der Waals surface area contributed by atoms with Crippen LogP contribution in [0.1, 0.15) is 18.4 Å². The molecule has 0 fully saturated rings. The van der Waals surface area contributed by atoms with Gasteiger partial charge in [-0.3, -0.25) is 4.79 Å². The summed E-state index contributed by atoms with van der Waals surface area (Å²) >= 11 is 0. The molecule has 0 saturated heterocycles. The summed E-state index contributed by atoms with van der Waals surface area (Å²) in [6.45, 7) is 1.47. The molecule has 0 atom stereocenters.